The van der Waals surface area contributed by atoms with Crippen molar-refractivity contribution in [3.63, 3.8) is 0 Å². The van der Waals surface area contributed by atoms with Crippen molar-refractivity contribution in [2.75, 3.05) is 19.7 Å². The summed E-state index contributed by atoms with van der Waals surface area (Å²) >= 11 is 0. The standard InChI is InChI=1S/C19H25F3N2O5S/c1-2-24(15-8-4-3-5-9-15)17(25)13-29-18(26)12-23-30(27,28)16-10-6-7-14(11-16)19(20,21)22/h6-7,10-11,15,23H,2-5,8-9,12-13H2,1H3. The molecule has 1 N–H and O–H groups in total. The molecule has 11 heteroatoms. The molecule has 1 fully saturated rings. The minimum Gasteiger partial charge on any atom is -0.455 e. The van der Waals surface area contributed by atoms with Gasteiger partial charge in [-0.25, -0.2) is 8.42 Å². The van der Waals surface area contributed by atoms with Crippen molar-refractivity contribution >= 4 is 21.9 Å². The van der Waals surface area contributed by atoms with Crippen LogP contribution in [0.15, 0.2) is 29.2 Å². The fourth-order valence-electron chi connectivity index (χ4n) is 3.38. The minimum atomic E-state index is -4.70. The Hall–Kier alpha value is -2.14. The molecule has 1 aromatic rings. The molecule has 1 aliphatic rings. The lowest BCUT2D eigenvalue weighted by atomic mass is 9.94. The number of nitrogens with zero attached hydrogens (tertiary/aromatic N) is 1. The number of rotatable bonds is 8. The van der Waals surface area contributed by atoms with Crippen molar-refractivity contribution in [2.24, 2.45) is 0 Å². The molecule has 0 bridgehead atoms. The SMILES string of the molecule is CCN(C(=O)COC(=O)CNS(=O)(=O)c1cccc(C(F)(F)F)c1)C1CCCCC1. The van der Waals surface area contributed by atoms with Crippen molar-refractivity contribution in [1.29, 1.82) is 0 Å². The largest absolute Gasteiger partial charge is 0.455 e. The van der Waals surface area contributed by atoms with Crippen LogP contribution in [0.25, 0.3) is 0 Å². The number of benzene rings is 1. The fourth-order valence-corrected chi connectivity index (χ4v) is 4.40. The highest BCUT2D eigenvalue weighted by atomic mass is 32.2. The Morgan fingerprint density at radius 2 is 1.87 bits per heavy atom. The number of carbonyl (C=O) groups excluding carboxylic acids is 2. The summed E-state index contributed by atoms with van der Waals surface area (Å²) in [6.45, 7) is 0.983. The van der Waals surface area contributed by atoms with Crippen LogP contribution in [0.4, 0.5) is 13.2 Å². The van der Waals surface area contributed by atoms with Gasteiger partial charge in [-0.1, -0.05) is 25.3 Å². The number of amides is 1. The second-order valence-electron chi connectivity index (χ2n) is 6.98. The van der Waals surface area contributed by atoms with E-state index in [1.54, 1.807) is 4.90 Å². The minimum absolute atomic E-state index is 0.106. The highest BCUT2D eigenvalue weighted by Gasteiger charge is 2.32. The first kappa shape index (κ1) is 24.1. The van der Waals surface area contributed by atoms with Gasteiger partial charge < -0.3 is 9.64 Å². The van der Waals surface area contributed by atoms with E-state index in [4.69, 9.17) is 4.74 Å². The second-order valence-corrected chi connectivity index (χ2v) is 8.75. The lowest BCUT2D eigenvalue weighted by Gasteiger charge is -2.33. The van der Waals surface area contributed by atoms with Crippen molar-refractivity contribution in [3.05, 3.63) is 29.8 Å². The van der Waals surface area contributed by atoms with Gasteiger partial charge in [0.15, 0.2) is 6.61 Å². The van der Waals surface area contributed by atoms with Crippen LogP contribution in [0.5, 0.6) is 0 Å². The van der Waals surface area contributed by atoms with Gasteiger partial charge in [-0.2, -0.15) is 17.9 Å². The summed E-state index contributed by atoms with van der Waals surface area (Å²) in [5.41, 5.74) is -1.12. The molecule has 7 nitrogen and oxygen atoms in total. The molecule has 0 radical (unpaired) electrons. The predicted molar refractivity (Wildman–Crippen MR) is 102 cm³/mol. The first-order valence-corrected chi connectivity index (χ1v) is 11.1. The maximum atomic E-state index is 12.7. The Bertz CT molecular complexity index is 852. The Balaban J connectivity index is 1.88. The van der Waals surface area contributed by atoms with E-state index in [1.807, 2.05) is 11.6 Å². The van der Waals surface area contributed by atoms with Crippen LogP contribution in [0.2, 0.25) is 0 Å². The maximum Gasteiger partial charge on any atom is 0.416 e. The van der Waals surface area contributed by atoms with Crippen molar-refractivity contribution in [3.8, 4) is 0 Å². The van der Waals surface area contributed by atoms with Crippen molar-refractivity contribution in [1.82, 2.24) is 9.62 Å². The number of sulfonamides is 1. The summed E-state index contributed by atoms with van der Waals surface area (Å²) in [5, 5.41) is 0. The lowest BCUT2D eigenvalue weighted by molar-refractivity contribution is -0.152. The molecule has 0 heterocycles. The number of alkyl halides is 3. The highest BCUT2D eigenvalue weighted by Crippen LogP contribution is 2.30. The van der Waals surface area contributed by atoms with Crippen LogP contribution in [0.3, 0.4) is 0 Å². The van der Waals surface area contributed by atoms with E-state index in [1.165, 1.54) is 0 Å². The van der Waals surface area contributed by atoms with Gasteiger partial charge in [0.25, 0.3) is 5.91 Å². The molecule has 1 aliphatic carbocycles. The van der Waals surface area contributed by atoms with Crippen LogP contribution < -0.4 is 4.72 Å². The Morgan fingerprint density at radius 1 is 1.20 bits per heavy atom. The average molecular weight is 450 g/mol. The first-order chi connectivity index (χ1) is 14.0. The molecule has 0 saturated heterocycles. The van der Waals surface area contributed by atoms with E-state index in [9.17, 15) is 31.2 Å². The summed E-state index contributed by atoms with van der Waals surface area (Å²) in [6.07, 6.45) is 0.281. The highest BCUT2D eigenvalue weighted by molar-refractivity contribution is 7.89. The number of nitrogens with one attached hydrogen (secondary N) is 1. The van der Waals surface area contributed by atoms with E-state index in [2.05, 4.69) is 0 Å². The molecule has 1 saturated carbocycles. The third kappa shape index (κ3) is 6.69. The zero-order valence-electron chi connectivity index (χ0n) is 16.6. The molecular weight excluding hydrogens is 425 g/mol. The summed E-state index contributed by atoms with van der Waals surface area (Å²) in [7, 11) is -4.36. The summed E-state index contributed by atoms with van der Waals surface area (Å²) in [5.74, 6) is -1.36. The zero-order valence-corrected chi connectivity index (χ0v) is 17.4. The number of hydrogen-bond donors (Lipinski definition) is 1. The molecule has 0 unspecified atom stereocenters. The van der Waals surface area contributed by atoms with Gasteiger partial charge in [0, 0.05) is 12.6 Å². The van der Waals surface area contributed by atoms with Crippen LogP contribution >= 0.6 is 0 Å². The Morgan fingerprint density at radius 3 is 2.47 bits per heavy atom. The number of halogens is 3. The van der Waals surface area contributed by atoms with Gasteiger partial charge in [0.2, 0.25) is 10.0 Å². The normalized spacial score (nSPS) is 15.6. The van der Waals surface area contributed by atoms with Gasteiger partial charge in [-0.3, -0.25) is 9.59 Å². The Labute approximate surface area is 173 Å². The summed E-state index contributed by atoms with van der Waals surface area (Å²) < 4.78 is 69.3. The smallest absolute Gasteiger partial charge is 0.416 e. The van der Waals surface area contributed by atoms with E-state index in [0.717, 1.165) is 50.3 Å². The molecule has 30 heavy (non-hydrogen) atoms. The van der Waals surface area contributed by atoms with Gasteiger partial charge in [-0.15, -0.1) is 0 Å². The molecule has 0 atom stereocenters. The quantitative estimate of drug-likeness (QED) is 0.615. The summed E-state index contributed by atoms with van der Waals surface area (Å²) in [4.78, 5) is 25.2. The zero-order chi connectivity index (χ0) is 22.4. The lowest BCUT2D eigenvalue weighted by Crippen LogP contribution is -2.43. The number of ether oxygens (including phenoxy) is 1. The Kier molecular flexibility index (Phi) is 8.25. The number of carbonyl (C=O) groups is 2. The van der Waals surface area contributed by atoms with Crippen LogP contribution in [-0.2, 0) is 30.5 Å². The molecule has 2 rings (SSSR count). The number of likely N-dealkylation sites (N-methyl/N-ethyl adjacent to an activating group) is 1. The van der Waals surface area contributed by atoms with Gasteiger partial charge in [0.05, 0.1) is 10.5 Å². The topological polar surface area (TPSA) is 92.8 Å². The number of hydrogen-bond acceptors (Lipinski definition) is 5. The molecule has 0 aromatic heterocycles. The van der Waals surface area contributed by atoms with E-state index in [0.29, 0.717) is 12.6 Å². The molecular formula is C19H25F3N2O5S. The van der Waals surface area contributed by atoms with E-state index in [-0.39, 0.29) is 11.9 Å². The van der Waals surface area contributed by atoms with Crippen LogP contribution in [-0.4, -0.2) is 50.9 Å². The third-order valence-electron chi connectivity index (χ3n) is 4.91. The number of esters is 1. The van der Waals surface area contributed by atoms with E-state index >= 15 is 0 Å². The molecule has 168 valence electrons. The fraction of sp³-hybridized carbons (Fsp3) is 0.579. The molecule has 0 spiro atoms. The first-order valence-electron chi connectivity index (χ1n) is 9.66. The average Bonchev–Trinajstić information content (AvgIpc) is 2.71. The molecule has 1 amide bonds. The van der Waals surface area contributed by atoms with E-state index < -0.39 is 45.8 Å². The predicted octanol–water partition coefficient (Wildman–Crippen LogP) is 2.71. The molecule has 0 aliphatic heterocycles. The van der Waals surface area contributed by atoms with Gasteiger partial charge >= 0.3 is 12.1 Å². The molecule has 1 aromatic carbocycles. The monoisotopic (exact) mass is 450 g/mol. The van der Waals surface area contributed by atoms with Crippen molar-refractivity contribution < 1.29 is 35.9 Å². The van der Waals surface area contributed by atoms with Crippen LogP contribution in [0, 0.1) is 0 Å². The second kappa shape index (κ2) is 10.3. The van der Waals surface area contributed by atoms with Crippen molar-refractivity contribution in [2.45, 2.75) is 56.1 Å². The maximum absolute atomic E-state index is 12.7. The van der Waals surface area contributed by atoms with Gasteiger partial charge in [0.1, 0.15) is 6.54 Å². The van der Waals surface area contributed by atoms with Gasteiger partial charge in [-0.05, 0) is 38.0 Å². The summed E-state index contributed by atoms with van der Waals surface area (Å²) in [6, 6.07) is 3.26. The third-order valence-corrected chi connectivity index (χ3v) is 6.31. The van der Waals surface area contributed by atoms with Crippen LogP contribution in [0.1, 0.15) is 44.6 Å².